The van der Waals surface area contributed by atoms with Gasteiger partial charge in [0.25, 0.3) is 17.4 Å². The lowest BCUT2D eigenvalue weighted by Gasteiger charge is -2.46. The molecule has 4 aliphatic carbocycles. The first kappa shape index (κ1) is 32.1. The summed E-state index contributed by atoms with van der Waals surface area (Å²) in [7, 11) is 1.61. The fourth-order valence-electron chi connectivity index (χ4n) is 8.87. The summed E-state index contributed by atoms with van der Waals surface area (Å²) in [5, 5.41) is 10.8. The Morgan fingerprint density at radius 2 is 1.71 bits per heavy atom. The van der Waals surface area contributed by atoms with E-state index in [0.29, 0.717) is 0 Å². The quantitative estimate of drug-likeness (QED) is 0.261. The summed E-state index contributed by atoms with van der Waals surface area (Å²) in [4.78, 5) is 81.1. The van der Waals surface area contributed by atoms with Gasteiger partial charge in [-0.15, -0.1) is 0 Å². The molecule has 13 nitrogen and oxygen atoms in total. The van der Waals surface area contributed by atoms with E-state index in [-0.39, 0.29) is 65.0 Å². The Kier molecular flexibility index (Phi) is 8.26. The van der Waals surface area contributed by atoms with Gasteiger partial charge in [-0.25, -0.2) is 4.98 Å². The van der Waals surface area contributed by atoms with Crippen LogP contribution in [-0.2, 0) is 32.8 Å². The molecule has 4 fully saturated rings. The number of hydrogen-bond acceptors (Lipinski definition) is 7. The highest BCUT2D eigenvalue weighted by Gasteiger charge is 2.71. The number of Topliss-reactive ketones (excluding diaryl/α,β-unsaturated/α-hetero) is 1. The summed E-state index contributed by atoms with van der Waals surface area (Å²) in [5.74, 6) is -3.15. The summed E-state index contributed by atoms with van der Waals surface area (Å²) in [5.41, 5.74) is -0.224. The number of nitrogens with zero attached hydrogens (tertiary/aromatic N) is 3. The third kappa shape index (κ3) is 6.16. The van der Waals surface area contributed by atoms with E-state index < -0.39 is 35.1 Å². The van der Waals surface area contributed by atoms with Crippen molar-refractivity contribution in [3.8, 4) is 0 Å². The van der Waals surface area contributed by atoms with Crippen LogP contribution in [-0.4, -0.2) is 61.7 Å². The first-order chi connectivity index (χ1) is 21.1. The highest BCUT2D eigenvalue weighted by atomic mass is 16.2. The Bertz CT molecular complexity index is 1590. The van der Waals surface area contributed by atoms with E-state index in [0.717, 1.165) is 19.3 Å². The molecule has 242 valence electrons. The van der Waals surface area contributed by atoms with Gasteiger partial charge in [0.05, 0.1) is 12.5 Å². The van der Waals surface area contributed by atoms with Crippen LogP contribution in [0.5, 0.6) is 0 Å². The topological polar surface area (TPSA) is 173 Å². The zero-order chi connectivity index (χ0) is 32.8. The van der Waals surface area contributed by atoms with Crippen molar-refractivity contribution in [2.75, 3.05) is 11.9 Å². The molecule has 3 atom stereocenters. The first-order valence-corrected chi connectivity index (χ1v) is 15.5. The van der Waals surface area contributed by atoms with Crippen LogP contribution in [0.2, 0.25) is 0 Å². The lowest BCUT2D eigenvalue weighted by molar-refractivity contribution is -0.138. The average molecular weight is 622 g/mol. The van der Waals surface area contributed by atoms with E-state index in [9.17, 15) is 28.8 Å². The Hall–Kier alpha value is -4.29. The van der Waals surface area contributed by atoms with Gasteiger partial charge in [-0.3, -0.25) is 28.8 Å². The molecule has 2 aromatic rings. The Labute approximate surface area is 261 Å². The number of anilines is 1. The number of rotatable bonds is 12. The molecule has 4 saturated carbocycles. The molecule has 2 heterocycles. The molecule has 4 amide bonds. The SMILES string of the molecule is CCNC(=O)C(=O)CC[C@H](NC(=O)c1cncn1C)C(=O)Nc1cccn(CC(=O)NC23CC4(C)CC(C)(C2)C(C)(C4)C3)c1=O. The highest BCUT2D eigenvalue weighted by Crippen LogP contribution is 2.77. The summed E-state index contributed by atoms with van der Waals surface area (Å²) in [6, 6.07) is 1.71. The first-order valence-electron chi connectivity index (χ1n) is 15.5. The van der Waals surface area contributed by atoms with Gasteiger partial charge in [-0.2, -0.15) is 0 Å². The second kappa shape index (κ2) is 11.6. The monoisotopic (exact) mass is 621 g/mol. The van der Waals surface area contributed by atoms with Crippen LogP contribution >= 0.6 is 0 Å². The minimum absolute atomic E-state index is 0.0873. The molecule has 4 bridgehead atoms. The summed E-state index contributed by atoms with van der Waals surface area (Å²) >= 11 is 0. The summed E-state index contributed by atoms with van der Waals surface area (Å²) < 4.78 is 2.71. The van der Waals surface area contributed by atoms with Gasteiger partial charge in [0.15, 0.2) is 0 Å². The number of amides is 4. The second-order valence-electron chi connectivity index (χ2n) is 14.2. The molecule has 0 spiro atoms. The largest absolute Gasteiger partial charge is 0.350 e. The maximum Gasteiger partial charge on any atom is 0.287 e. The van der Waals surface area contributed by atoms with Crippen molar-refractivity contribution < 1.29 is 24.0 Å². The smallest absolute Gasteiger partial charge is 0.287 e. The molecule has 45 heavy (non-hydrogen) atoms. The molecule has 0 aromatic carbocycles. The maximum absolute atomic E-state index is 13.4. The van der Waals surface area contributed by atoms with Crippen LogP contribution in [0.4, 0.5) is 5.69 Å². The predicted molar refractivity (Wildman–Crippen MR) is 165 cm³/mol. The van der Waals surface area contributed by atoms with Crippen LogP contribution < -0.4 is 26.8 Å². The maximum atomic E-state index is 13.4. The molecular formula is C32H43N7O6. The number of ketones is 1. The molecule has 0 saturated heterocycles. The lowest BCUT2D eigenvalue weighted by Crippen LogP contribution is -2.54. The van der Waals surface area contributed by atoms with Crippen LogP contribution in [0.3, 0.4) is 0 Å². The molecule has 6 rings (SSSR count). The Morgan fingerprint density at radius 1 is 1.02 bits per heavy atom. The predicted octanol–water partition coefficient (Wildman–Crippen LogP) is 1.67. The van der Waals surface area contributed by atoms with Gasteiger partial charge in [0, 0.05) is 31.7 Å². The number of likely N-dealkylation sites (N-methyl/N-ethyl adjacent to an activating group) is 1. The lowest BCUT2D eigenvalue weighted by atomic mass is 9.64. The molecule has 4 aliphatic rings. The molecule has 2 unspecified atom stereocenters. The van der Waals surface area contributed by atoms with Gasteiger partial charge in [-0.05, 0) is 73.8 Å². The minimum Gasteiger partial charge on any atom is -0.350 e. The molecular weight excluding hydrogens is 578 g/mol. The van der Waals surface area contributed by atoms with E-state index in [1.807, 2.05) is 0 Å². The molecule has 4 N–H and O–H groups in total. The standard InChI is InChI=1S/C32H43N7O6/c1-6-34-27(44)23(40)10-9-20(35-26(43)22-12-33-19-38(22)5)25(42)36-21-8-7-11-39(28(21)45)13-24(41)37-32-16-29(2)14-30(3,17-32)31(4,15-29)18-32/h7-8,11-12,19-20H,6,9-10,13-18H2,1-5H3,(H,34,44)(H,35,43)(H,36,42)(H,37,41)/t20-,29?,30?,31?,32?/m0/s1. The van der Waals surface area contributed by atoms with Crippen molar-refractivity contribution >= 4 is 35.1 Å². The minimum atomic E-state index is -1.25. The second-order valence-corrected chi connectivity index (χ2v) is 14.2. The van der Waals surface area contributed by atoms with Gasteiger partial charge in [0.1, 0.15) is 24.0 Å². The van der Waals surface area contributed by atoms with Crippen molar-refractivity contribution in [2.24, 2.45) is 23.3 Å². The zero-order valence-corrected chi connectivity index (χ0v) is 26.6. The molecule has 0 radical (unpaired) electrons. The van der Waals surface area contributed by atoms with Gasteiger partial charge in [0.2, 0.25) is 17.6 Å². The van der Waals surface area contributed by atoms with Crippen molar-refractivity contribution in [3.05, 3.63) is 46.9 Å². The normalized spacial score (nSPS) is 28.4. The Morgan fingerprint density at radius 3 is 2.31 bits per heavy atom. The summed E-state index contributed by atoms with van der Waals surface area (Å²) in [6.45, 7) is 8.72. The van der Waals surface area contributed by atoms with Gasteiger partial charge < -0.3 is 30.4 Å². The van der Waals surface area contributed by atoms with Crippen LogP contribution in [0.25, 0.3) is 0 Å². The van der Waals surface area contributed by atoms with Crippen molar-refractivity contribution in [2.45, 2.75) is 90.8 Å². The van der Waals surface area contributed by atoms with Gasteiger partial charge in [-0.1, -0.05) is 20.8 Å². The molecule has 2 aromatic heterocycles. The van der Waals surface area contributed by atoms with E-state index in [2.05, 4.69) is 47.0 Å². The average Bonchev–Trinajstić information content (AvgIpc) is 3.47. The molecule has 0 aliphatic heterocycles. The molecule has 13 heteroatoms. The van der Waals surface area contributed by atoms with Crippen LogP contribution in [0.1, 0.15) is 83.1 Å². The van der Waals surface area contributed by atoms with E-state index in [4.69, 9.17) is 0 Å². The van der Waals surface area contributed by atoms with Crippen molar-refractivity contribution in [3.63, 3.8) is 0 Å². The third-order valence-corrected chi connectivity index (χ3v) is 10.2. The number of carbonyl (C=O) groups is 5. The number of carbonyl (C=O) groups excluding carboxylic acids is 5. The fourth-order valence-corrected chi connectivity index (χ4v) is 8.87. The van der Waals surface area contributed by atoms with E-state index >= 15 is 0 Å². The number of nitrogens with one attached hydrogen (secondary N) is 4. The summed E-state index contributed by atoms with van der Waals surface area (Å²) in [6.07, 6.45) is 8.85. The van der Waals surface area contributed by atoms with E-state index in [1.165, 1.54) is 46.8 Å². The number of aryl methyl sites for hydroxylation is 1. The van der Waals surface area contributed by atoms with E-state index in [1.54, 1.807) is 20.0 Å². The van der Waals surface area contributed by atoms with Crippen LogP contribution in [0, 0.1) is 16.2 Å². The third-order valence-electron chi connectivity index (χ3n) is 10.2. The number of imidazole rings is 1. The number of pyridine rings is 1. The number of aromatic nitrogens is 3. The Balaban J connectivity index is 1.27. The highest BCUT2D eigenvalue weighted by molar-refractivity contribution is 6.36. The van der Waals surface area contributed by atoms with Crippen molar-refractivity contribution in [1.82, 2.24) is 30.1 Å². The van der Waals surface area contributed by atoms with Crippen LogP contribution in [0.15, 0.2) is 35.6 Å². The van der Waals surface area contributed by atoms with Crippen molar-refractivity contribution in [1.29, 1.82) is 0 Å². The number of hydrogen-bond donors (Lipinski definition) is 4. The zero-order valence-electron chi connectivity index (χ0n) is 26.6. The van der Waals surface area contributed by atoms with Gasteiger partial charge >= 0.3 is 0 Å². The fraction of sp³-hybridized carbons (Fsp3) is 0.594.